The molecule has 0 saturated carbocycles. The number of benzene rings is 2. The van der Waals surface area contributed by atoms with E-state index in [0.717, 1.165) is 37.8 Å². The van der Waals surface area contributed by atoms with Crippen LogP contribution < -0.4 is 5.73 Å². The Morgan fingerprint density at radius 3 is 1.69 bits per heavy atom. The second-order valence-electron chi connectivity index (χ2n) is 10.1. The van der Waals surface area contributed by atoms with Crippen molar-refractivity contribution >= 4 is 57.5 Å². The number of imide groups is 1. The average molecular weight is 571 g/mol. The third kappa shape index (κ3) is 5.26. The Bertz CT molecular complexity index is 1750. The van der Waals surface area contributed by atoms with E-state index in [2.05, 4.69) is 20.0 Å². The molecule has 4 heterocycles. The number of amidine groups is 2. The SMILES string of the molecule is CC(=O)N(C(C)=O)C1=NC(=O)C(C(C)c2c[nH]c3ccccc23)O1.CC(c1c[nH]c2ccccc12)C1OC(N)=NC1=O. The molecule has 2 aliphatic heterocycles. The molecule has 0 fully saturated rings. The largest absolute Gasteiger partial charge is 0.451 e. The van der Waals surface area contributed by atoms with Gasteiger partial charge in [-0.15, -0.1) is 0 Å². The maximum absolute atomic E-state index is 12.2. The predicted octanol–water partition coefficient (Wildman–Crippen LogP) is 3.46. The minimum absolute atomic E-state index is 0.0447. The van der Waals surface area contributed by atoms with Crippen LogP contribution >= 0.6 is 0 Å². The van der Waals surface area contributed by atoms with Crippen molar-refractivity contribution in [1.82, 2.24) is 14.9 Å². The standard InChI is InChI=1S/C17H17N3O4.C13H13N3O2/c1-9(13-8-18-14-7-5-4-6-12(13)14)15-16(23)19-17(24-15)20(10(2)21)11(3)22;1-7(11-12(17)16-13(14)18-11)9-6-15-10-5-3-2-4-8(9)10/h4-9,15,18H,1-3H3;2-7,11,15H,1H3,(H2,14,16,17). The highest BCUT2D eigenvalue weighted by Gasteiger charge is 2.40. The molecule has 12 nitrogen and oxygen atoms in total. The zero-order valence-electron chi connectivity index (χ0n) is 23.5. The third-order valence-corrected chi connectivity index (χ3v) is 7.35. The summed E-state index contributed by atoms with van der Waals surface area (Å²) in [7, 11) is 0. The van der Waals surface area contributed by atoms with Crippen LogP contribution in [0.15, 0.2) is 70.9 Å². The summed E-state index contributed by atoms with van der Waals surface area (Å²) < 4.78 is 10.8. The smallest absolute Gasteiger partial charge is 0.310 e. The van der Waals surface area contributed by atoms with E-state index in [1.165, 1.54) is 13.8 Å². The van der Waals surface area contributed by atoms with Gasteiger partial charge in [0.1, 0.15) is 0 Å². The quantitative estimate of drug-likeness (QED) is 0.337. The highest BCUT2D eigenvalue weighted by Crippen LogP contribution is 2.32. The van der Waals surface area contributed by atoms with Crippen molar-refractivity contribution in [2.45, 2.75) is 51.7 Å². The number of aliphatic imine (C=N–C) groups is 2. The number of ether oxygens (including phenoxy) is 2. The number of rotatable bonds is 4. The zero-order valence-corrected chi connectivity index (χ0v) is 23.5. The van der Waals surface area contributed by atoms with Crippen molar-refractivity contribution in [2.24, 2.45) is 15.7 Å². The Hall–Kier alpha value is -5.26. The third-order valence-electron chi connectivity index (χ3n) is 7.35. The summed E-state index contributed by atoms with van der Waals surface area (Å²) >= 11 is 0. The monoisotopic (exact) mass is 570 g/mol. The zero-order chi connectivity index (χ0) is 30.1. The Morgan fingerprint density at radius 2 is 1.24 bits per heavy atom. The summed E-state index contributed by atoms with van der Waals surface area (Å²) in [6, 6.07) is 15.4. The number of nitrogens with zero attached hydrogens (tertiary/aromatic N) is 3. The highest BCUT2D eigenvalue weighted by atomic mass is 16.5. The van der Waals surface area contributed by atoms with E-state index in [0.29, 0.717) is 0 Å². The van der Waals surface area contributed by atoms with Gasteiger partial charge in [0.15, 0.2) is 12.2 Å². The normalized spacial score (nSPS) is 19.3. The van der Waals surface area contributed by atoms with Gasteiger partial charge >= 0.3 is 6.02 Å². The molecule has 2 aromatic heterocycles. The second kappa shape index (κ2) is 11.3. The number of hydrogen-bond donors (Lipinski definition) is 3. The summed E-state index contributed by atoms with van der Waals surface area (Å²) in [5, 5.41) is 2.08. The number of fused-ring (bicyclic) bond motifs is 2. The van der Waals surface area contributed by atoms with Gasteiger partial charge in [-0.2, -0.15) is 9.98 Å². The summed E-state index contributed by atoms with van der Waals surface area (Å²) in [6.45, 7) is 6.22. The van der Waals surface area contributed by atoms with Crippen LogP contribution in [0.5, 0.6) is 0 Å². The fraction of sp³-hybridized carbons (Fsp3) is 0.267. The summed E-state index contributed by atoms with van der Waals surface area (Å²) in [5.74, 6) is -2.31. The lowest BCUT2D eigenvalue weighted by Gasteiger charge is -2.20. The molecule has 4 aromatic rings. The molecular weight excluding hydrogens is 540 g/mol. The van der Waals surface area contributed by atoms with Crippen molar-refractivity contribution in [3.63, 3.8) is 0 Å². The first-order valence-electron chi connectivity index (χ1n) is 13.3. The lowest BCUT2D eigenvalue weighted by atomic mass is 9.94. The molecule has 4 atom stereocenters. The van der Waals surface area contributed by atoms with Crippen LogP contribution in [0.25, 0.3) is 21.8 Å². The van der Waals surface area contributed by atoms with Crippen molar-refractivity contribution in [2.75, 3.05) is 0 Å². The number of carbonyl (C=O) groups excluding carboxylic acids is 4. The van der Waals surface area contributed by atoms with Gasteiger partial charge in [-0.1, -0.05) is 50.2 Å². The molecule has 12 heteroatoms. The maximum atomic E-state index is 12.2. The summed E-state index contributed by atoms with van der Waals surface area (Å²) in [6.07, 6.45) is 2.24. The molecule has 4 N–H and O–H groups in total. The Kier molecular flexibility index (Phi) is 7.62. The molecule has 42 heavy (non-hydrogen) atoms. The first kappa shape index (κ1) is 28.3. The van der Waals surface area contributed by atoms with Crippen LogP contribution in [0.1, 0.15) is 50.7 Å². The van der Waals surface area contributed by atoms with E-state index in [4.69, 9.17) is 15.2 Å². The molecule has 6 rings (SSSR count). The van der Waals surface area contributed by atoms with Gasteiger partial charge in [-0.25, -0.2) is 4.90 Å². The fourth-order valence-corrected chi connectivity index (χ4v) is 5.22. The number of H-pyrrole nitrogens is 2. The topological polar surface area (TPSA) is 172 Å². The summed E-state index contributed by atoms with van der Waals surface area (Å²) in [4.78, 5) is 61.5. The van der Waals surface area contributed by atoms with Crippen LogP contribution in [-0.4, -0.2) is 62.7 Å². The molecule has 0 bridgehead atoms. The van der Waals surface area contributed by atoms with Crippen molar-refractivity contribution in [1.29, 1.82) is 0 Å². The lowest BCUT2D eigenvalue weighted by molar-refractivity contribution is -0.138. The number of nitrogens with one attached hydrogen (secondary N) is 2. The number of aromatic nitrogens is 2. The van der Waals surface area contributed by atoms with Gasteiger partial charge in [0.25, 0.3) is 17.8 Å². The predicted molar refractivity (Wildman–Crippen MR) is 155 cm³/mol. The van der Waals surface area contributed by atoms with Crippen molar-refractivity contribution in [3.8, 4) is 0 Å². The van der Waals surface area contributed by atoms with E-state index in [1.807, 2.05) is 74.8 Å². The van der Waals surface area contributed by atoms with Gasteiger partial charge < -0.3 is 25.2 Å². The number of para-hydroxylation sites is 2. The minimum atomic E-state index is -0.875. The van der Waals surface area contributed by atoms with Gasteiger partial charge in [0, 0.05) is 59.9 Å². The van der Waals surface area contributed by atoms with E-state index < -0.39 is 29.9 Å². The first-order chi connectivity index (χ1) is 20.1. The average Bonchev–Trinajstić information content (AvgIpc) is 3.73. The van der Waals surface area contributed by atoms with E-state index in [-0.39, 0.29) is 29.8 Å². The Labute approximate surface area is 240 Å². The van der Waals surface area contributed by atoms with E-state index >= 15 is 0 Å². The first-order valence-corrected chi connectivity index (χ1v) is 13.3. The molecule has 4 amide bonds. The van der Waals surface area contributed by atoms with Crippen LogP contribution in [0.3, 0.4) is 0 Å². The Morgan fingerprint density at radius 1 is 0.786 bits per heavy atom. The number of hydrogen-bond acceptors (Lipinski definition) is 7. The lowest BCUT2D eigenvalue weighted by Crippen LogP contribution is -2.40. The number of carbonyl (C=O) groups is 4. The summed E-state index contributed by atoms with van der Waals surface area (Å²) in [5.41, 5.74) is 9.37. The highest BCUT2D eigenvalue weighted by molar-refractivity contribution is 6.13. The van der Waals surface area contributed by atoms with Gasteiger partial charge in [0.2, 0.25) is 11.8 Å². The molecule has 2 aliphatic rings. The van der Waals surface area contributed by atoms with Crippen LogP contribution in [0.2, 0.25) is 0 Å². The molecule has 0 aliphatic carbocycles. The Balaban J connectivity index is 0.000000175. The van der Waals surface area contributed by atoms with Crippen LogP contribution in [0, 0.1) is 0 Å². The van der Waals surface area contributed by atoms with E-state index in [1.54, 1.807) is 0 Å². The molecule has 0 saturated heterocycles. The van der Waals surface area contributed by atoms with Gasteiger partial charge in [0.05, 0.1) is 0 Å². The molecule has 2 aromatic carbocycles. The molecule has 4 unspecified atom stereocenters. The number of aromatic amines is 2. The fourth-order valence-electron chi connectivity index (χ4n) is 5.22. The van der Waals surface area contributed by atoms with Gasteiger partial charge in [-0.05, 0) is 23.3 Å². The van der Waals surface area contributed by atoms with Crippen LogP contribution in [0.4, 0.5) is 0 Å². The molecule has 216 valence electrons. The maximum Gasteiger partial charge on any atom is 0.310 e. The second-order valence-corrected chi connectivity index (χ2v) is 10.1. The van der Waals surface area contributed by atoms with Gasteiger partial charge in [-0.3, -0.25) is 19.2 Å². The van der Waals surface area contributed by atoms with E-state index in [9.17, 15) is 19.2 Å². The molecular formula is C30H30N6O6. The number of amides is 4. The van der Waals surface area contributed by atoms with Crippen molar-refractivity contribution < 1.29 is 28.7 Å². The molecule has 0 radical (unpaired) electrons. The van der Waals surface area contributed by atoms with Crippen molar-refractivity contribution in [3.05, 3.63) is 72.1 Å². The number of nitrogens with two attached hydrogens (primary N) is 1. The molecule has 0 spiro atoms. The van der Waals surface area contributed by atoms with Crippen LogP contribution in [-0.2, 0) is 28.7 Å². The minimum Gasteiger partial charge on any atom is -0.451 e.